The lowest BCUT2D eigenvalue weighted by Gasteiger charge is -2.31. The zero-order valence-electron chi connectivity index (χ0n) is 17.6. The van der Waals surface area contributed by atoms with E-state index in [-0.39, 0.29) is 11.9 Å². The Morgan fingerprint density at radius 3 is 2.56 bits per heavy atom. The van der Waals surface area contributed by atoms with Gasteiger partial charge in [0.2, 0.25) is 0 Å². The molecule has 0 bridgehead atoms. The third-order valence-corrected chi connectivity index (χ3v) is 5.68. The minimum absolute atomic E-state index is 0.100. The second-order valence-corrected chi connectivity index (χ2v) is 7.77. The molecule has 1 atom stereocenters. The van der Waals surface area contributed by atoms with Gasteiger partial charge in [-0.3, -0.25) is 14.7 Å². The molecule has 3 amide bonds. The third-order valence-electron chi connectivity index (χ3n) is 5.68. The number of nitrogens with one attached hydrogen (secondary N) is 1. The van der Waals surface area contributed by atoms with E-state index >= 15 is 0 Å². The zero-order chi connectivity index (χ0) is 22.1. The molecule has 2 aliphatic rings. The van der Waals surface area contributed by atoms with E-state index in [1.54, 1.807) is 18.1 Å². The van der Waals surface area contributed by atoms with Crippen molar-refractivity contribution in [1.82, 2.24) is 20.1 Å². The van der Waals surface area contributed by atoms with Gasteiger partial charge in [0.25, 0.3) is 5.91 Å². The molecule has 1 aromatic heterocycles. The van der Waals surface area contributed by atoms with E-state index in [2.05, 4.69) is 10.3 Å². The Kier molecular flexibility index (Phi) is 5.07. The number of ether oxygens (including phenoxy) is 1. The van der Waals surface area contributed by atoms with Crippen LogP contribution in [0.1, 0.15) is 17.3 Å². The lowest BCUT2D eigenvalue weighted by Crippen LogP contribution is -2.45. The van der Waals surface area contributed by atoms with Gasteiger partial charge in [-0.1, -0.05) is 36.4 Å². The van der Waals surface area contributed by atoms with Gasteiger partial charge in [-0.25, -0.2) is 4.79 Å². The van der Waals surface area contributed by atoms with Gasteiger partial charge >= 0.3 is 6.03 Å². The van der Waals surface area contributed by atoms with Crippen LogP contribution in [0.25, 0.3) is 0 Å². The molecule has 0 saturated carbocycles. The van der Waals surface area contributed by atoms with Gasteiger partial charge in [0.05, 0.1) is 36.1 Å². The van der Waals surface area contributed by atoms with Crippen LogP contribution in [0.3, 0.4) is 0 Å². The minimum atomic E-state index is -0.547. The smallest absolute Gasteiger partial charge is 0.322 e. The molecule has 0 fully saturated rings. The van der Waals surface area contributed by atoms with Crippen LogP contribution in [0.15, 0.2) is 90.3 Å². The molecule has 3 heterocycles. The van der Waals surface area contributed by atoms with Crippen molar-refractivity contribution >= 4 is 11.9 Å². The molecule has 1 N–H and O–H groups in total. The van der Waals surface area contributed by atoms with Gasteiger partial charge in [-0.05, 0) is 42.0 Å². The first-order valence-electron chi connectivity index (χ1n) is 10.4. The van der Waals surface area contributed by atoms with Crippen LogP contribution in [0, 0.1) is 0 Å². The molecule has 2 aliphatic heterocycles. The maximum atomic E-state index is 13.4. The molecule has 3 aromatic rings. The fourth-order valence-corrected chi connectivity index (χ4v) is 4.07. The van der Waals surface area contributed by atoms with Crippen LogP contribution < -0.4 is 10.1 Å². The lowest BCUT2D eigenvalue weighted by atomic mass is 9.95. The number of likely N-dealkylation sites (N-methyl/N-ethyl adjacent to an activating group) is 1. The Morgan fingerprint density at radius 1 is 1.00 bits per heavy atom. The third kappa shape index (κ3) is 3.69. The van der Waals surface area contributed by atoms with Crippen molar-refractivity contribution < 1.29 is 14.3 Å². The minimum Gasteiger partial charge on any atom is -0.457 e. The maximum Gasteiger partial charge on any atom is 0.322 e. The predicted octanol–water partition coefficient (Wildman–Crippen LogP) is 3.87. The van der Waals surface area contributed by atoms with Crippen molar-refractivity contribution in [2.45, 2.75) is 12.6 Å². The van der Waals surface area contributed by atoms with E-state index < -0.39 is 6.04 Å². The van der Waals surface area contributed by atoms with Crippen LogP contribution in [0.2, 0.25) is 0 Å². The number of urea groups is 1. The Labute approximate surface area is 185 Å². The summed E-state index contributed by atoms with van der Waals surface area (Å²) < 4.78 is 5.95. The summed E-state index contributed by atoms with van der Waals surface area (Å²) in [7, 11) is 1.69. The summed E-state index contributed by atoms with van der Waals surface area (Å²) in [4.78, 5) is 33.6. The number of nitrogens with zero attached hydrogens (tertiary/aromatic N) is 3. The molecule has 7 heteroatoms. The van der Waals surface area contributed by atoms with Gasteiger partial charge in [-0.2, -0.15) is 0 Å². The highest BCUT2D eigenvalue weighted by atomic mass is 16.5. The predicted molar refractivity (Wildman–Crippen MR) is 119 cm³/mol. The summed E-state index contributed by atoms with van der Waals surface area (Å²) >= 11 is 0. The van der Waals surface area contributed by atoms with E-state index in [0.29, 0.717) is 30.1 Å². The van der Waals surface area contributed by atoms with Gasteiger partial charge in [0.15, 0.2) is 0 Å². The molecule has 0 spiro atoms. The van der Waals surface area contributed by atoms with E-state index in [0.717, 1.165) is 17.0 Å². The number of rotatable bonds is 5. The number of carbonyl (C=O) groups is 2. The molecule has 160 valence electrons. The Hall–Kier alpha value is -4.13. The number of amides is 3. The summed E-state index contributed by atoms with van der Waals surface area (Å²) in [5.41, 5.74) is 2.90. The highest BCUT2D eigenvalue weighted by molar-refractivity contribution is 6.01. The molecule has 1 unspecified atom stereocenters. The van der Waals surface area contributed by atoms with Crippen molar-refractivity contribution in [1.29, 1.82) is 0 Å². The monoisotopic (exact) mass is 426 g/mol. The van der Waals surface area contributed by atoms with E-state index in [1.165, 1.54) is 4.90 Å². The van der Waals surface area contributed by atoms with Crippen molar-refractivity contribution in [2.75, 3.05) is 13.6 Å². The molecule has 0 radical (unpaired) electrons. The summed E-state index contributed by atoms with van der Waals surface area (Å²) in [5, 5.41) is 2.97. The highest BCUT2D eigenvalue weighted by Crippen LogP contribution is 2.37. The van der Waals surface area contributed by atoms with Crippen LogP contribution in [-0.4, -0.2) is 40.3 Å². The van der Waals surface area contributed by atoms with Crippen LogP contribution in [0.4, 0.5) is 4.79 Å². The van der Waals surface area contributed by atoms with Gasteiger partial charge < -0.3 is 15.0 Å². The summed E-state index contributed by atoms with van der Waals surface area (Å²) in [5.74, 6) is 1.26. The first-order chi connectivity index (χ1) is 15.6. The van der Waals surface area contributed by atoms with Crippen molar-refractivity contribution in [3.63, 3.8) is 0 Å². The Morgan fingerprint density at radius 2 is 1.78 bits per heavy atom. The number of carbonyl (C=O) groups excluding carboxylic acids is 2. The molecule has 5 rings (SSSR count). The van der Waals surface area contributed by atoms with Gasteiger partial charge in [-0.15, -0.1) is 0 Å². The molecule has 7 nitrogen and oxygen atoms in total. The summed E-state index contributed by atoms with van der Waals surface area (Å²) in [6, 6.07) is 21.8. The SMILES string of the molecule is CN1C(=O)NC(c2cccc(Oc3ccccc3)c2)C2=C1CN(Cc1ccccn1)C2=O. The maximum absolute atomic E-state index is 13.4. The molecule has 32 heavy (non-hydrogen) atoms. The lowest BCUT2D eigenvalue weighted by molar-refractivity contribution is -0.126. The standard InChI is InChI=1S/C25H22N4O3/c1-28-21-16-29(15-18-9-5-6-13-26-18)24(30)22(21)23(27-25(28)31)17-8-7-12-20(14-17)32-19-10-3-2-4-11-19/h2-14,23H,15-16H2,1H3,(H,27,31). The molecule has 0 saturated heterocycles. The average molecular weight is 426 g/mol. The molecule has 2 aromatic carbocycles. The number of benzene rings is 2. The van der Waals surface area contributed by atoms with Crippen molar-refractivity contribution in [3.8, 4) is 11.5 Å². The first-order valence-corrected chi connectivity index (χ1v) is 10.4. The number of pyridine rings is 1. The first kappa shape index (κ1) is 19.8. The quantitative estimate of drug-likeness (QED) is 0.672. The Bertz CT molecular complexity index is 1190. The largest absolute Gasteiger partial charge is 0.457 e. The average Bonchev–Trinajstić information content (AvgIpc) is 3.14. The summed E-state index contributed by atoms with van der Waals surface area (Å²) in [6.45, 7) is 0.754. The van der Waals surface area contributed by atoms with Crippen molar-refractivity contribution in [3.05, 3.63) is 102 Å². The number of para-hydroxylation sites is 1. The van der Waals surface area contributed by atoms with E-state index in [1.807, 2.05) is 72.8 Å². The molecular formula is C25H22N4O3. The van der Waals surface area contributed by atoms with Crippen LogP contribution >= 0.6 is 0 Å². The number of hydrogen-bond donors (Lipinski definition) is 1. The molecular weight excluding hydrogens is 404 g/mol. The van der Waals surface area contributed by atoms with Gasteiger partial charge in [0.1, 0.15) is 11.5 Å². The number of aromatic nitrogens is 1. The fraction of sp³-hybridized carbons (Fsp3) is 0.160. The normalized spacial score (nSPS) is 18.0. The van der Waals surface area contributed by atoms with Crippen molar-refractivity contribution in [2.24, 2.45) is 0 Å². The second kappa shape index (κ2) is 8.19. The van der Waals surface area contributed by atoms with Gasteiger partial charge in [0, 0.05) is 13.2 Å². The summed E-state index contributed by atoms with van der Waals surface area (Å²) in [6.07, 6.45) is 1.71. The fourth-order valence-electron chi connectivity index (χ4n) is 4.07. The van der Waals surface area contributed by atoms with Crippen LogP contribution in [0.5, 0.6) is 11.5 Å². The van der Waals surface area contributed by atoms with E-state index in [9.17, 15) is 9.59 Å². The van der Waals surface area contributed by atoms with E-state index in [4.69, 9.17) is 4.74 Å². The molecule has 0 aliphatic carbocycles. The van der Waals surface area contributed by atoms with Crippen LogP contribution in [-0.2, 0) is 11.3 Å². The zero-order valence-corrected chi connectivity index (χ0v) is 17.6. The second-order valence-electron chi connectivity index (χ2n) is 7.77. The number of hydrogen-bond acceptors (Lipinski definition) is 4. The highest BCUT2D eigenvalue weighted by Gasteiger charge is 2.43. The Balaban J connectivity index is 1.45. The topological polar surface area (TPSA) is 74.8 Å².